The molecule has 0 atom stereocenters. The van der Waals surface area contributed by atoms with Crippen LogP contribution in [-0.2, 0) is 17.9 Å². The van der Waals surface area contributed by atoms with Crippen LogP contribution in [0.25, 0.3) is 21.9 Å². The highest BCUT2D eigenvalue weighted by atomic mass is 35.5. The van der Waals surface area contributed by atoms with E-state index in [0.717, 1.165) is 5.56 Å². The van der Waals surface area contributed by atoms with Crippen molar-refractivity contribution in [1.82, 2.24) is 19.2 Å². The Morgan fingerprint density at radius 3 is 2.44 bits per heavy atom. The Bertz CT molecular complexity index is 1440. The van der Waals surface area contributed by atoms with Crippen LogP contribution < -0.4 is 5.56 Å². The number of fused-ring (bicyclic) bond motifs is 1. The Hall–Kier alpha value is -3.71. The molecule has 0 spiro atoms. The number of nitrogens with zero attached hydrogens (tertiary/aromatic N) is 4. The topological polar surface area (TPSA) is 77.2 Å². The van der Waals surface area contributed by atoms with Crippen molar-refractivity contribution in [3.63, 3.8) is 0 Å². The zero-order valence-corrected chi connectivity index (χ0v) is 20.0. The summed E-state index contributed by atoms with van der Waals surface area (Å²) in [6, 6.07) is 16.4. The molecule has 2 heterocycles. The first kappa shape index (κ1) is 23.4. The molecule has 1 amide bonds. The molecular weight excluding hydrogens is 452 g/mol. The molecular formula is C26H25ClN4O3. The van der Waals surface area contributed by atoms with Gasteiger partial charge in [-0.15, -0.1) is 0 Å². The fourth-order valence-electron chi connectivity index (χ4n) is 3.94. The summed E-state index contributed by atoms with van der Waals surface area (Å²) in [6.07, 6.45) is 1.93. The third-order valence-electron chi connectivity index (χ3n) is 5.69. The number of likely N-dealkylation sites (N-methyl/N-ethyl adjacent to an activating group) is 1. The number of hydrogen-bond donors (Lipinski definition) is 0. The lowest BCUT2D eigenvalue weighted by atomic mass is 9.94. The van der Waals surface area contributed by atoms with Crippen LogP contribution in [0.15, 0.2) is 65.6 Å². The molecule has 0 aliphatic rings. The number of rotatable bonds is 7. The van der Waals surface area contributed by atoms with Crippen molar-refractivity contribution in [2.24, 2.45) is 0 Å². The molecule has 0 bridgehead atoms. The Labute approximate surface area is 202 Å². The number of aromatic nitrogens is 3. The van der Waals surface area contributed by atoms with E-state index >= 15 is 0 Å². The maximum absolute atomic E-state index is 13.6. The minimum atomic E-state index is -0.290. The van der Waals surface area contributed by atoms with Gasteiger partial charge >= 0.3 is 0 Å². The summed E-state index contributed by atoms with van der Waals surface area (Å²) in [6.45, 7) is 1.96. The Morgan fingerprint density at radius 2 is 1.76 bits per heavy atom. The van der Waals surface area contributed by atoms with E-state index in [1.807, 2.05) is 30.3 Å². The lowest BCUT2D eigenvalue weighted by molar-refractivity contribution is -0.129. The van der Waals surface area contributed by atoms with Crippen LogP contribution in [0.1, 0.15) is 29.5 Å². The second-order valence-electron chi connectivity index (χ2n) is 8.24. The molecule has 0 aliphatic heterocycles. The van der Waals surface area contributed by atoms with Gasteiger partial charge in [-0.05, 0) is 35.2 Å². The molecule has 0 unspecified atom stereocenters. The molecule has 0 saturated carbocycles. The van der Waals surface area contributed by atoms with E-state index in [0.29, 0.717) is 32.7 Å². The van der Waals surface area contributed by atoms with Crippen LogP contribution in [-0.4, -0.2) is 45.0 Å². The summed E-state index contributed by atoms with van der Waals surface area (Å²) in [5, 5.41) is 6.06. The van der Waals surface area contributed by atoms with Crippen molar-refractivity contribution in [3.05, 3.63) is 87.6 Å². The van der Waals surface area contributed by atoms with Crippen LogP contribution in [0.5, 0.6) is 0 Å². The number of amides is 1. The first-order chi connectivity index (χ1) is 16.3. The third-order valence-corrected chi connectivity index (χ3v) is 5.93. The molecule has 0 N–H and O–H groups in total. The van der Waals surface area contributed by atoms with Crippen LogP contribution in [0.2, 0.25) is 5.02 Å². The quantitative estimate of drug-likeness (QED) is 0.374. The SMILES string of the molecule is CCC(=O)c1c(-c2ccccc2)c2cc(Cl)ccc2c(=O)n1Cc1ccn(CC(=O)N(C)C)n1. The first-order valence-corrected chi connectivity index (χ1v) is 11.3. The van der Waals surface area contributed by atoms with E-state index < -0.39 is 0 Å². The molecule has 34 heavy (non-hydrogen) atoms. The largest absolute Gasteiger partial charge is 0.347 e. The summed E-state index contributed by atoms with van der Waals surface area (Å²) in [4.78, 5) is 40.4. The number of carbonyl (C=O) groups is 2. The average Bonchev–Trinajstić information content (AvgIpc) is 3.27. The lowest BCUT2D eigenvalue weighted by Gasteiger charge is -2.19. The minimum absolute atomic E-state index is 0.0914. The standard InChI is InChI=1S/C26H25ClN4O3/c1-4-22(32)25-24(17-8-6-5-7-9-17)21-14-18(27)10-11-20(21)26(34)31(25)15-19-12-13-30(28-19)16-23(33)29(2)3/h5-14H,4,15-16H2,1-3H3. The predicted molar refractivity (Wildman–Crippen MR) is 133 cm³/mol. The number of hydrogen-bond acceptors (Lipinski definition) is 4. The fraction of sp³-hybridized carbons (Fsp3) is 0.231. The van der Waals surface area contributed by atoms with Gasteiger partial charge in [-0.1, -0.05) is 48.9 Å². The predicted octanol–water partition coefficient (Wildman–Crippen LogP) is 4.25. The van der Waals surface area contributed by atoms with Crippen molar-refractivity contribution in [1.29, 1.82) is 0 Å². The number of benzene rings is 2. The second-order valence-corrected chi connectivity index (χ2v) is 8.68. The first-order valence-electron chi connectivity index (χ1n) is 11.0. The number of carbonyl (C=O) groups excluding carboxylic acids is 2. The van der Waals surface area contributed by atoms with Gasteiger partial charge in [0.05, 0.1) is 17.9 Å². The van der Waals surface area contributed by atoms with Gasteiger partial charge in [-0.25, -0.2) is 0 Å². The van der Waals surface area contributed by atoms with Crippen LogP contribution in [0, 0.1) is 0 Å². The summed E-state index contributed by atoms with van der Waals surface area (Å²) in [5.74, 6) is -0.248. The average molecular weight is 477 g/mol. The van der Waals surface area contributed by atoms with Gasteiger partial charge in [0.25, 0.3) is 5.56 Å². The number of halogens is 1. The maximum Gasteiger partial charge on any atom is 0.259 e. The second kappa shape index (κ2) is 9.65. The molecule has 4 rings (SSSR count). The van der Waals surface area contributed by atoms with E-state index in [9.17, 15) is 14.4 Å². The highest BCUT2D eigenvalue weighted by Crippen LogP contribution is 2.33. The third kappa shape index (κ3) is 4.52. The number of ketones is 1. The number of pyridine rings is 1. The van der Waals surface area contributed by atoms with Crippen LogP contribution in [0.3, 0.4) is 0 Å². The zero-order chi connectivity index (χ0) is 24.4. The molecule has 0 aliphatic carbocycles. The number of Topliss-reactive ketones (excluding diaryl/α,β-unsaturated/α-hetero) is 1. The zero-order valence-electron chi connectivity index (χ0n) is 19.3. The van der Waals surface area contributed by atoms with E-state index in [2.05, 4.69) is 5.10 Å². The van der Waals surface area contributed by atoms with E-state index in [4.69, 9.17) is 11.6 Å². The van der Waals surface area contributed by atoms with Crippen molar-refractivity contribution < 1.29 is 9.59 Å². The van der Waals surface area contributed by atoms with Crippen molar-refractivity contribution in [3.8, 4) is 11.1 Å². The summed E-state index contributed by atoms with van der Waals surface area (Å²) < 4.78 is 3.02. The Balaban J connectivity index is 1.94. The van der Waals surface area contributed by atoms with Crippen molar-refractivity contribution in [2.45, 2.75) is 26.4 Å². The fourth-order valence-corrected chi connectivity index (χ4v) is 4.11. The molecule has 8 heteroatoms. The monoisotopic (exact) mass is 476 g/mol. The minimum Gasteiger partial charge on any atom is -0.347 e. The molecule has 4 aromatic rings. The van der Waals surface area contributed by atoms with Gasteiger partial charge in [0.2, 0.25) is 5.91 Å². The van der Waals surface area contributed by atoms with Gasteiger partial charge in [0, 0.05) is 42.7 Å². The summed E-state index contributed by atoms with van der Waals surface area (Å²) >= 11 is 6.29. The summed E-state index contributed by atoms with van der Waals surface area (Å²) in [7, 11) is 3.36. The molecule has 174 valence electrons. The van der Waals surface area contributed by atoms with Gasteiger partial charge in [-0.3, -0.25) is 23.6 Å². The summed E-state index contributed by atoms with van der Waals surface area (Å²) in [5.41, 5.74) is 2.11. The molecule has 2 aromatic heterocycles. The van der Waals surface area contributed by atoms with Gasteiger partial charge in [0.15, 0.2) is 5.78 Å². The Morgan fingerprint density at radius 1 is 1.03 bits per heavy atom. The Kier molecular flexibility index (Phi) is 6.65. The lowest BCUT2D eigenvalue weighted by Crippen LogP contribution is -2.28. The highest BCUT2D eigenvalue weighted by Gasteiger charge is 2.23. The molecule has 7 nitrogen and oxygen atoms in total. The van der Waals surface area contributed by atoms with E-state index in [1.165, 1.54) is 14.1 Å². The van der Waals surface area contributed by atoms with E-state index in [-0.39, 0.29) is 36.8 Å². The molecule has 0 saturated heterocycles. The molecule has 0 radical (unpaired) electrons. The van der Waals surface area contributed by atoms with Crippen molar-refractivity contribution >= 4 is 34.1 Å². The maximum atomic E-state index is 13.6. The molecule has 0 fully saturated rings. The van der Waals surface area contributed by atoms with Gasteiger partial charge < -0.3 is 4.90 Å². The van der Waals surface area contributed by atoms with Gasteiger partial charge in [-0.2, -0.15) is 5.10 Å². The van der Waals surface area contributed by atoms with Crippen LogP contribution >= 0.6 is 11.6 Å². The van der Waals surface area contributed by atoms with Crippen molar-refractivity contribution in [2.75, 3.05) is 14.1 Å². The molecule has 2 aromatic carbocycles. The highest BCUT2D eigenvalue weighted by molar-refractivity contribution is 6.31. The van der Waals surface area contributed by atoms with E-state index in [1.54, 1.807) is 51.5 Å². The van der Waals surface area contributed by atoms with Crippen LogP contribution in [0.4, 0.5) is 0 Å². The van der Waals surface area contributed by atoms with Gasteiger partial charge in [0.1, 0.15) is 6.54 Å². The smallest absolute Gasteiger partial charge is 0.259 e. The normalized spacial score (nSPS) is 11.1.